The number of halogens is 1. The summed E-state index contributed by atoms with van der Waals surface area (Å²) in [5, 5.41) is 11.2. The van der Waals surface area contributed by atoms with E-state index in [0.29, 0.717) is 5.02 Å². The maximum Gasteiger partial charge on any atom is 0.271 e. The Morgan fingerprint density at radius 1 is 1.33 bits per heavy atom. The number of likely N-dealkylation sites (N-methyl/N-ethyl adjacent to an activating group) is 1. The summed E-state index contributed by atoms with van der Waals surface area (Å²) in [6.45, 7) is 2.60. The molecule has 2 rings (SSSR count). The summed E-state index contributed by atoms with van der Waals surface area (Å²) in [6.07, 6.45) is 4.38. The minimum atomic E-state index is -0.431. The van der Waals surface area contributed by atoms with E-state index in [1.54, 1.807) is 18.5 Å². The number of hydrogen-bond donors (Lipinski definition) is 0. The molecule has 6 heteroatoms. The van der Waals surface area contributed by atoms with Gasteiger partial charge in [-0.1, -0.05) is 11.6 Å². The highest BCUT2D eigenvalue weighted by Crippen LogP contribution is 2.33. The van der Waals surface area contributed by atoms with Gasteiger partial charge in [0, 0.05) is 38.1 Å². The van der Waals surface area contributed by atoms with Gasteiger partial charge in [0.15, 0.2) is 0 Å². The van der Waals surface area contributed by atoms with Gasteiger partial charge in [0.1, 0.15) is 0 Å². The quantitative estimate of drug-likeness (QED) is 0.625. The van der Waals surface area contributed by atoms with Crippen LogP contribution >= 0.6 is 11.6 Å². The van der Waals surface area contributed by atoms with Crippen molar-refractivity contribution in [3.63, 3.8) is 0 Å². The maximum atomic E-state index is 10.8. The van der Waals surface area contributed by atoms with Gasteiger partial charge in [-0.15, -0.1) is 0 Å². The number of nitro groups is 1. The third kappa shape index (κ3) is 3.70. The molecule has 0 saturated carbocycles. The van der Waals surface area contributed by atoms with Gasteiger partial charge >= 0.3 is 0 Å². The van der Waals surface area contributed by atoms with Crippen LogP contribution in [0.5, 0.6) is 0 Å². The third-order valence-electron chi connectivity index (χ3n) is 3.32. The molecule has 0 spiro atoms. The van der Waals surface area contributed by atoms with E-state index in [1.165, 1.54) is 11.6 Å². The number of aromatic nitrogens is 1. The van der Waals surface area contributed by atoms with Crippen LogP contribution in [0.1, 0.15) is 11.1 Å². The highest BCUT2D eigenvalue weighted by atomic mass is 35.5. The summed E-state index contributed by atoms with van der Waals surface area (Å²) < 4.78 is 0. The van der Waals surface area contributed by atoms with Crippen molar-refractivity contribution < 1.29 is 4.92 Å². The lowest BCUT2D eigenvalue weighted by atomic mass is 10.1. The highest BCUT2D eigenvalue weighted by Gasteiger charge is 2.16. The van der Waals surface area contributed by atoms with E-state index >= 15 is 0 Å². The Bertz CT molecular complexity index is 624. The normalized spacial score (nSPS) is 10.4. The molecule has 0 unspecified atom stereocenters. The van der Waals surface area contributed by atoms with Crippen LogP contribution in [0.4, 0.5) is 11.4 Å². The second-order valence-electron chi connectivity index (χ2n) is 4.88. The van der Waals surface area contributed by atoms with Crippen molar-refractivity contribution in [3.8, 4) is 0 Å². The van der Waals surface area contributed by atoms with Crippen LogP contribution < -0.4 is 4.90 Å². The first-order valence-corrected chi connectivity index (χ1v) is 6.91. The number of pyridine rings is 1. The summed E-state index contributed by atoms with van der Waals surface area (Å²) in [4.78, 5) is 16.4. The van der Waals surface area contributed by atoms with Gasteiger partial charge in [-0.2, -0.15) is 0 Å². The molecule has 0 radical (unpaired) electrons. The summed E-state index contributed by atoms with van der Waals surface area (Å²) in [7, 11) is 1.93. The molecule has 2 aromatic rings. The molecule has 0 saturated heterocycles. The number of rotatable bonds is 5. The van der Waals surface area contributed by atoms with Crippen molar-refractivity contribution in [2.24, 2.45) is 0 Å². The lowest BCUT2D eigenvalue weighted by Gasteiger charge is -2.22. The van der Waals surface area contributed by atoms with Crippen molar-refractivity contribution in [2.45, 2.75) is 13.3 Å². The molecule has 0 aliphatic carbocycles. The van der Waals surface area contributed by atoms with Gasteiger partial charge in [-0.25, -0.2) is 0 Å². The average Bonchev–Trinajstić information content (AvgIpc) is 2.45. The molecule has 0 aliphatic heterocycles. The number of hydrogen-bond acceptors (Lipinski definition) is 4. The van der Waals surface area contributed by atoms with Gasteiger partial charge in [0.05, 0.1) is 15.6 Å². The fraction of sp³-hybridized carbons (Fsp3) is 0.267. The van der Waals surface area contributed by atoms with Gasteiger partial charge in [0.2, 0.25) is 0 Å². The molecule has 0 aliphatic rings. The highest BCUT2D eigenvalue weighted by molar-refractivity contribution is 6.33. The van der Waals surface area contributed by atoms with Gasteiger partial charge < -0.3 is 4.90 Å². The summed E-state index contributed by atoms with van der Waals surface area (Å²) in [5.74, 6) is 0. The van der Waals surface area contributed by atoms with E-state index in [-0.39, 0.29) is 5.69 Å². The fourth-order valence-electron chi connectivity index (χ4n) is 2.27. The largest absolute Gasteiger partial charge is 0.373 e. The predicted octanol–water partition coefficient (Wildman–Crippen LogP) is 3.63. The fourth-order valence-corrected chi connectivity index (χ4v) is 2.67. The Morgan fingerprint density at radius 2 is 2.00 bits per heavy atom. The molecule has 0 N–H and O–H groups in total. The van der Waals surface area contributed by atoms with Gasteiger partial charge in [0.25, 0.3) is 5.69 Å². The monoisotopic (exact) mass is 305 g/mol. The number of nitro benzene ring substituents is 1. The number of anilines is 1. The molecule has 1 aromatic heterocycles. The molecule has 110 valence electrons. The summed E-state index contributed by atoms with van der Waals surface area (Å²) in [5.41, 5.74) is 2.83. The first-order chi connectivity index (χ1) is 9.99. The van der Waals surface area contributed by atoms with Crippen LogP contribution in [0.25, 0.3) is 0 Å². The average molecular weight is 306 g/mol. The van der Waals surface area contributed by atoms with E-state index in [2.05, 4.69) is 4.98 Å². The zero-order chi connectivity index (χ0) is 15.4. The Kier molecular flexibility index (Phi) is 4.75. The number of aryl methyl sites for hydroxylation is 1. The Morgan fingerprint density at radius 3 is 2.57 bits per heavy atom. The van der Waals surface area contributed by atoms with E-state index in [1.807, 2.05) is 31.0 Å². The zero-order valence-corrected chi connectivity index (χ0v) is 12.7. The molecule has 0 amide bonds. The minimum absolute atomic E-state index is 0.0174. The molecule has 0 fully saturated rings. The van der Waals surface area contributed by atoms with Crippen molar-refractivity contribution in [1.29, 1.82) is 0 Å². The van der Waals surface area contributed by atoms with E-state index in [0.717, 1.165) is 24.2 Å². The Labute approximate surface area is 128 Å². The van der Waals surface area contributed by atoms with Gasteiger partial charge in [-0.3, -0.25) is 15.1 Å². The van der Waals surface area contributed by atoms with Crippen LogP contribution in [0.3, 0.4) is 0 Å². The molecular formula is C15H16ClN3O2. The molecule has 1 heterocycles. The summed E-state index contributed by atoms with van der Waals surface area (Å²) >= 11 is 6.20. The van der Waals surface area contributed by atoms with Crippen LogP contribution in [0.15, 0.2) is 36.7 Å². The Hall–Kier alpha value is -2.14. The lowest BCUT2D eigenvalue weighted by molar-refractivity contribution is -0.384. The molecule has 1 aromatic carbocycles. The van der Waals surface area contributed by atoms with Crippen molar-refractivity contribution in [2.75, 3.05) is 18.5 Å². The minimum Gasteiger partial charge on any atom is -0.373 e. The van der Waals surface area contributed by atoms with Crippen molar-refractivity contribution in [1.82, 2.24) is 4.98 Å². The second kappa shape index (κ2) is 6.54. The first kappa shape index (κ1) is 15.3. The topological polar surface area (TPSA) is 59.3 Å². The standard InChI is InChI=1S/C15H16ClN3O2/c1-11-9-13(19(20)21)10-14(16)15(11)18(2)8-5-12-3-6-17-7-4-12/h3-4,6-7,9-10H,5,8H2,1-2H3. The van der Waals surface area contributed by atoms with Crippen LogP contribution in [0.2, 0.25) is 5.02 Å². The first-order valence-electron chi connectivity index (χ1n) is 6.53. The second-order valence-corrected chi connectivity index (χ2v) is 5.28. The number of nitrogens with zero attached hydrogens (tertiary/aromatic N) is 3. The van der Waals surface area contributed by atoms with Crippen molar-refractivity contribution >= 4 is 23.0 Å². The smallest absolute Gasteiger partial charge is 0.271 e. The van der Waals surface area contributed by atoms with E-state index < -0.39 is 4.92 Å². The van der Waals surface area contributed by atoms with E-state index in [4.69, 9.17) is 11.6 Å². The molecule has 0 atom stereocenters. The van der Waals surface area contributed by atoms with Crippen LogP contribution in [-0.4, -0.2) is 23.5 Å². The number of benzene rings is 1. The maximum absolute atomic E-state index is 10.8. The molecule has 21 heavy (non-hydrogen) atoms. The Balaban J connectivity index is 2.16. The third-order valence-corrected chi connectivity index (χ3v) is 3.60. The zero-order valence-electron chi connectivity index (χ0n) is 11.9. The molecule has 0 bridgehead atoms. The van der Waals surface area contributed by atoms with Crippen LogP contribution in [-0.2, 0) is 6.42 Å². The van der Waals surface area contributed by atoms with Crippen LogP contribution in [0, 0.1) is 17.0 Å². The molecular weight excluding hydrogens is 290 g/mol. The lowest BCUT2D eigenvalue weighted by Crippen LogP contribution is -2.21. The van der Waals surface area contributed by atoms with E-state index in [9.17, 15) is 10.1 Å². The SMILES string of the molecule is Cc1cc([N+](=O)[O-])cc(Cl)c1N(C)CCc1ccncc1. The summed E-state index contributed by atoms with van der Waals surface area (Å²) in [6, 6.07) is 6.88. The van der Waals surface area contributed by atoms with Gasteiger partial charge in [-0.05, 0) is 36.6 Å². The van der Waals surface area contributed by atoms with Crippen molar-refractivity contribution in [3.05, 3.63) is 62.9 Å². The number of non-ortho nitro benzene ring substituents is 1. The molecule has 5 nitrogen and oxygen atoms in total. The predicted molar refractivity (Wildman–Crippen MR) is 84.1 cm³/mol.